The van der Waals surface area contributed by atoms with Crippen LogP contribution in [0.15, 0.2) is 6.20 Å². The van der Waals surface area contributed by atoms with Gasteiger partial charge in [0.15, 0.2) is 0 Å². The number of nitrogens with one attached hydrogen (secondary N) is 1. The maximum atomic E-state index is 6.20. The summed E-state index contributed by atoms with van der Waals surface area (Å²) < 4.78 is 1.83. The minimum absolute atomic E-state index is 0.788. The van der Waals surface area contributed by atoms with Gasteiger partial charge in [0.1, 0.15) is 5.15 Å². The Morgan fingerprint density at radius 2 is 2.20 bits per heavy atom. The summed E-state index contributed by atoms with van der Waals surface area (Å²) in [5, 5.41) is 8.37. The molecule has 0 aliphatic carbocycles. The van der Waals surface area contributed by atoms with Gasteiger partial charge in [-0.25, -0.2) is 0 Å². The highest BCUT2D eigenvalue weighted by Crippen LogP contribution is 2.17. The molecule has 1 aromatic rings. The Bertz CT molecular complexity index is 317. The molecule has 0 amide bonds. The molecule has 1 aliphatic heterocycles. The molecule has 1 saturated heterocycles. The molecule has 2 heterocycles. The molecular weight excluding hydrogens is 212 g/mol. The fraction of sp³-hybridized carbons (Fsp3) is 0.700. The number of aromatic nitrogens is 2. The van der Waals surface area contributed by atoms with Crippen LogP contribution in [0.3, 0.4) is 0 Å². The third-order valence-electron chi connectivity index (χ3n) is 2.75. The summed E-state index contributed by atoms with van der Waals surface area (Å²) in [6.45, 7) is 8.12. The van der Waals surface area contributed by atoms with Crippen molar-refractivity contribution in [1.29, 1.82) is 0 Å². The number of nitrogens with zero attached hydrogens (tertiary/aromatic N) is 3. The molecule has 4 nitrogen and oxygen atoms in total. The molecule has 0 aromatic carbocycles. The van der Waals surface area contributed by atoms with E-state index in [2.05, 4.69) is 15.3 Å². The number of rotatable bonds is 3. The molecule has 0 unspecified atom stereocenters. The Labute approximate surface area is 95.2 Å². The van der Waals surface area contributed by atoms with E-state index in [1.165, 1.54) is 0 Å². The molecule has 1 aromatic heterocycles. The molecule has 15 heavy (non-hydrogen) atoms. The maximum Gasteiger partial charge on any atom is 0.131 e. The molecular formula is C10H17ClN4. The first-order chi connectivity index (χ1) is 7.31. The smallest absolute Gasteiger partial charge is 0.131 e. The van der Waals surface area contributed by atoms with Crippen LogP contribution in [0.1, 0.15) is 12.5 Å². The molecule has 2 rings (SSSR count). The normalized spacial score (nSPS) is 18.3. The van der Waals surface area contributed by atoms with E-state index in [4.69, 9.17) is 11.6 Å². The average Bonchev–Trinajstić information content (AvgIpc) is 2.62. The summed E-state index contributed by atoms with van der Waals surface area (Å²) in [6, 6.07) is 0. The Morgan fingerprint density at radius 3 is 2.80 bits per heavy atom. The lowest BCUT2D eigenvalue weighted by molar-refractivity contribution is 0.233. The lowest BCUT2D eigenvalue weighted by atomic mass is 10.3. The van der Waals surface area contributed by atoms with Gasteiger partial charge in [0.05, 0.1) is 6.20 Å². The van der Waals surface area contributed by atoms with Crippen molar-refractivity contribution < 1.29 is 0 Å². The summed E-state index contributed by atoms with van der Waals surface area (Å²) >= 11 is 6.20. The van der Waals surface area contributed by atoms with Crippen molar-refractivity contribution in [2.24, 2.45) is 0 Å². The molecule has 0 atom stereocenters. The number of hydrogen-bond acceptors (Lipinski definition) is 3. The predicted octanol–water partition coefficient (Wildman–Crippen LogP) is 0.962. The summed E-state index contributed by atoms with van der Waals surface area (Å²) in [4.78, 5) is 2.40. The van der Waals surface area contributed by atoms with Gasteiger partial charge in [-0.1, -0.05) is 11.6 Å². The standard InChI is InChI=1S/C10H17ClN4/c1-2-15-10(11)9(7-13-15)8-14-5-3-12-4-6-14/h7,12H,2-6,8H2,1H3. The van der Waals surface area contributed by atoms with Crippen molar-refractivity contribution in [2.75, 3.05) is 26.2 Å². The molecule has 0 saturated carbocycles. The second-order valence-corrected chi connectivity index (χ2v) is 4.16. The molecule has 5 heteroatoms. The Hall–Kier alpha value is -0.580. The molecule has 0 radical (unpaired) electrons. The zero-order valence-electron chi connectivity index (χ0n) is 9.04. The van der Waals surface area contributed by atoms with Gasteiger partial charge in [-0.3, -0.25) is 9.58 Å². The molecule has 1 N–H and O–H groups in total. The topological polar surface area (TPSA) is 33.1 Å². The quantitative estimate of drug-likeness (QED) is 0.837. The molecule has 84 valence electrons. The Balaban J connectivity index is 2.00. The minimum Gasteiger partial charge on any atom is -0.314 e. The molecule has 1 aliphatic rings. The number of piperazine rings is 1. The van der Waals surface area contributed by atoms with Crippen LogP contribution in [-0.4, -0.2) is 40.9 Å². The van der Waals surface area contributed by atoms with Gasteiger partial charge >= 0.3 is 0 Å². The third kappa shape index (κ3) is 2.51. The van der Waals surface area contributed by atoms with Crippen molar-refractivity contribution >= 4 is 11.6 Å². The van der Waals surface area contributed by atoms with Crippen molar-refractivity contribution in [3.8, 4) is 0 Å². The van der Waals surface area contributed by atoms with Gasteiger partial charge in [-0.05, 0) is 6.92 Å². The summed E-state index contributed by atoms with van der Waals surface area (Å²) in [5.74, 6) is 0. The molecule has 0 bridgehead atoms. The van der Waals surface area contributed by atoms with Gasteiger partial charge in [0, 0.05) is 44.8 Å². The maximum absolute atomic E-state index is 6.20. The fourth-order valence-electron chi connectivity index (χ4n) is 1.85. The fourth-order valence-corrected chi connectivity index (χ4v) is 2.12. The SMILES string of the molecule is CCn1ncc(CN2CCNCC2)c1Cl. The van der Waals surface area contributed by atoms with Gasteiger partial charge in [0.25, 0.3) is 0 Å². The zero-order chi connectivity index (χ0) is 10.7. The van der Waals surface area contributed by atoms with Gasteiger partial charge in [-0.2, -0.15) is 5.10 Å². The van der Waals surface area contributed by atoms with Crippen molar-refractivity contribution in [2.45, 2.75) is 20.0 Å². The lowest BCUT2D eigenvalue weighted by Crippen LogP contribution is -2.42. The van der Waals surface area contributed by atoms with Crippen molar-refractivity contribution in [3.63, 3.8) is 0 Å². The highest BCUT2D eigenvalue weighted by atomic mass is 35.5. The largest absolute Gasteiger partial charge is 0.314 e. The van der Waals surface area contributed by atoms with Gasteiger partial charge in [0.2, 0.25) is 0 Å². The van der Waals surface area contributed by atoms with Crippen LogP contribution in [0.25, 0.3) is 0 Å². The van der Waals surface area contributed by atoms with E-state index in [9.17, 15) is 0 Å². The van der Waals surface area contributed by atoms with E-state index in [1.54, 1.807) is 0 Å². The van der Waals surface area contributed by atoms with Crippen LogP contribution >= 0.6 is 11.6 Å². The summed E-state index contributed by atoms with van der Waals surface area (Å²) in [7, 11) is 0. The van der Waals surface area contributed by atoms with Crippen LogP contribution < -0.4 is 5.32 Å². The summed E-state index contributed by atoms with van der Waals surface area (Å²) in [6.07, 6.45) is 1.88. The van der Waals surface area contributed by atoms with E-state index in [1.807, 2.05) is 17.8 Å². The number of hydrogen-bond donors (Lipinski definition) is 1. The molecule has 1 fully saturated rings. The zero-order valence-corrected chi connectivity index (χ0v) is 9.80. The Kier molecular flexibility index (Phi) is 3.61. The second kappa shape index (κ2) is 4.96. The van der Waals surface area contributed by atoms with Crippen LogP contribution in [0, 0.1) is 0 Å². The first-order valence-electron chi connectivity index (χ1n) is 5.44. The van der Waals surface area contributed by atoms with E-state index in [0.29, 0.717) is 0 Å². The lowest BCUT2D eigenvalue weighted by Gasteiger charge is -2.26. The Morgan fingerprint density at radius 1 is 1.47 bits per heavy atom. The van der Waals surface area contributed by atoms with Crippen LogP contribution in [-0.2, 0) is 13.1 Å². The van der Waals surface area contributed by atoms with Crippen molar-refractivity contribution in [1.82, 2.24) is 20.0 Å². The molecule has 0 spiro atoms. The van der Waals surface area contributed by atoms with Crippen LogP contribution in [0.5, 0.6) is 0 Å². The number of halogens is 1. The van der Waals surface area contributed by atoms with Crippen LogP contribution in [0.2, 0.25) is 5.15 Å². The second-order valence-electron chi connectivity index (χ2n) is 3.80. The number of aryl methyl sites for hydroxylation is 1. The summed E-state index contributed by atoms with van der Waals surface area (Å²) in [5.41, 5.74) is 1.14. The van der Waals surface area contributed by atoms with E-state index < -0.39 is 0 Å². The minimum atomic E-state index is 0.788. The predicted molar refractivity (Wildman–Crippen MR) is 61.1 cm³/mol. The van der Waals surface area contributed by atoms with Crippen LogP contribution in [0.4, 0.5) is 0 Å². The van der Waals surface area contributed by atoms with Crippen molar-refractivity contribution in [3.05, 3.63) is 16.9 Å². The monoisotopic (exact) mass is 228 g/mol. The average molecular weight is 229 g/mol. The first kappa shape index (κ1) is 10.9. The highest BCUT2D eigenvalue weighted by Gasteiger charge is 2.14. The van der Waals surface area contributed by atoms with E-state index >= 15 is 0 Å². The van der Waals surface area contributed by atoms with Gasteiger partial charge in [-0.15, -0.1) is 0 Å². The third-order valence-corrected chi connectivity index (χ3v) is 3.19. The first-order valence-corrected chi connectivity index (χ1v) is 5.82. The highest BCUT2D eigenvalue weighted by molar-refractivity contribution is 6.30. The van der Waals surface area contributed by atoms with E-state index in [-0.39, 0.29) is 0 Å². The van der Waals surface area contributed by atoms with E-state index in [0.717, 1.165) is 50.0 Å². The van der Waals surface area contributed by atoms with Gasteiger partial charge < -0.3 is 5.32 Å².